The standard InChI is InChI=1S/C17H12N2/c1-12-7-15-11-19-6-5-16(15)17(8-12)14-4-2-3-13(9-14)10-18/h2-9,11H,1H3. The first-order chi connectivity index (χ1) is 9.28. The van der Waals surface area contributed by atoms with Crippen LogP contribution in [0.5, 0.6) is 0 Å². The minimum Gasteiger partial charge on any atom is -0.264 e. The van der Waals surface area contributed by atoms with Crippen LogP contribution in [0.15, 0.2) is 54.9 Å². The molecule has 0 N–H and O–H groups in total. The second-order valence-electron chi connectivity index (χ2n) is 4.60. The maximum absolute atomic E-state index is 9.02. The van der Waals surface area contributed by atoms with Crippen molar-refractivity contribution in [2.45, 2.75) is 6.92 Å². The van der Waals surface area contributed by atoms with Gasteiger partial charge in [0.2, 0.25) is 0 Å². The smallest absolute Gasteiger partial charge is 0.0991 e. The average molecular weight is 244 g/mol. The molecule has 0 atom stereocenters. The van der Waals surface area contributed by atoms with Gasteiger partial charge in [0.05, 0.1) is 11.6 Å². The Bertz CT molecular complexity index is 798. The fourth-order valence-electron chi connectivity index (χ4n) is 2.35. The van der Waals surface area contributed by atoms with Crippen LogP contribution < -0.4 is 0 Å². The molecule has 0 radical (unpaired) electrons. The van der Waals surface area contributed by atoms with Gasteiger partial charge < -0.3 is 0 Å². The average Bonchev–Trinajstić information content (AvgIpc) is 2.46. The fourth-order valence-corrected chi connectivity index (χ4v) is 2.35. The van der Waals surface area contributed by atoms with Crippen LogP contribution in [0, 0.1) is 18.3 Å². The molecule has 1 aromatic heterocycles. The molecular formula is C17H12N2. The van der Waals surface area contributed by atoms with Crippen molar-refractivity contribution in [2.75, 3.05) is 0 Å². The van der Waals surface area contributed by atoms with E-state index >= 15 is 0 Å². The largest absolute Gasteiger partial charge is 0.264 e. The van der Waals surface area contributed by atoms with Crippen molar-refractivity contribution in [2.24, 2.45) is 0 Å². The molecule has 0 aliphatic heterocycles. The summed E-state index contributed by atoms with van der Waals surface area (Å²) >= 11 is 0. The van der Waals surface area contributed by atoms with Crippen molar-refractivity contribution in [3.63, 3.8) is 0 Å². The molecule has 0 aliphatic carbocycles. The van der Waals surface area contributed by atoms with Crippen LogP contribution in [0.25, 0.3) is 21.9 Å². The number of nitrogens with zero attached hydrogens (tertiary/aromatic N) is 2. The number of hydrogen-bond donors (Lipinski definition) is 0. The van der Waals surface area contributed by atoms with Gasteiger partial charge in [-0.3, -0.25) is 4.98 Å². The third-order valence-electron chi connectivity index (χ3n) is 3.20. The van der Waals surface area contributed by atoms with Crippen molar-refractivity contribution in [3.05, 3.63) is 66.0 Å². The summed E-state index contributed by atoms with van der Waals surface area (Å²) in [7, 11) is 0. The zero-order chi connectivity index (χ0) is 13.2. The molecule has 3 rings (SSSR count). The van der Waals surface area contributed by atoms with E-state index in [2.05, 4.69) is 30.1 Å². The van der Waals surface area contributed by atoms with Crippen molar-refractivity contribution in [1.29, 1.82) is 5.26 Å². The van der Waals surface area contributed by atoms with E-state index in [-0.39, 0.29) is 0 Å². The zero-order valence-electron chi connectivity index (χ0n) is 10.6. The summed E-state index contributed by atoms with van der Waals surface area (Å²) in [5.74, 6) is 0. The van der Waals surface area contributed by atoms with Crippen molar-refractivity contribution in [3.8, 4) is 17.2 Å². The molecule has 90 valence electrons. The summed E-state index contributed by atoms with van der Waals surface area (Å²) in [5.41, 5.74) is 4.09. The number of rotatable bonds is 1. The van der Waals surface area contributed by atoms with Gasteiger partial charge in [-0.2, -0.15) is 5.26 Å². The van der Waals surface area contributed by atoms with Gasteiger partial charge in [0, 0.05) is 17.8 Å². The molecule has 19 heavy (non-hydrogen) atoms. The van der Waals surface area contributed by atoms with E-state index in [0.29, 0.717) is 5.56 Å². The number of nitriles is 1. The lowest BCUT2D eigenvalue weighted by molar-refractivity contribution is 1.36. The second kappa shape index (κ2) is 4.55. The van der Waals surface area contributed by atoms with Gasteiger partial charge in [0.25, 0.3) is 0 Å². The van der Waals surface area contributed by atoms with Gasteiger partial charge >= 0.3 is 0 Å². The number of aromatic nitrogens is 1. The quantitative estimate of drug-likeness (QED) is 0.646. The Hall–Kier alpha value is -2.66. The van der Waals surface area contributed by atoms with E-state index < -0.39 is 0 Å². The first-order valence-electron chi connectivity index (χ1n) is 6.13. The SMILES string of the molecule is Cc1cc(-c2cccc(C#N)c2)c2ccncc2c1. The second-order valence-corrected chi connectivity index (χ2v) is 4.60. The Labute approximate surface area is 112 Å². The highest BCUT2D eigenvalue weighted by molar-refractivity contribution is 5.96. The molecule has 2 aromatic carbocycles. The van der Waals surface area contributed by atoms with E-state index in [9.17, 15) is 0 Å². The summed E-state index contributed by atoms with van der Waals surface area (Å²) in [5, 5.41) is 11.3. The normalized spacial score (nSPS) is 10.3. The Morgan fingerprint density at radius 3 is 2.84 bits per heavy atom. The topological polar surface area (TPSA) is 36.7 Å². The zero-order valence-corrected chi connectivity index (χ0v) is 10.6. The van der Waals surface area contributed by atoms with E-state index in [4.69, 9.17) is 5.26 Å². The molecule has 3 aromatic rings. The highest BCUT2D eigenvalue weighted by atomic mass is 14.6. The highest BCUT2D eigenvalue weighted by Gasteiger charge is 2.05. The highest BCUT2D eigenvalue weighted by Crippen LogP contribution is 2.30. The van der Waals surface area contributed by atoms with Gasteiger partial charge in [0.15, 0.2) is 0 Å². The minimum atomic E-state index is 0.682. The van der Waals surface area contributed by atoms with Gasteiger partial charge in [-0.15, -0.1) is 0 Å². The van der Waals surface area contributed by atoms with E-state index in [1.165, 1.54) is 5.56 Å². The minimum absolute atomic E-state index is 0.682. The molecule has 0 fully saturated rings. The number of hydrogen-bond acceptors (Lipinski definition) is 2. The van der Waals surface area contributed by atoms with E-state index in [1.807, 2.05) is 36.5 Å². The van der Waals surface area contributed by atoms with Crippen LogP contribution >= 0.6 is 0 Å². The molecule has 0 bridgehead atoms. The summed E-state index contributed by atoms with van der Waals surface area (Å²) in [4.78, 5) is 4.17. The lowest BCUT2D eigenvalue weighted by Gasteiger charge is -2.08. The Balaban J connectivity index is 2.32. The van der Waals surface area contributed by atoms with E-state index in [0.717, 1.165) is 21.9 Å². The Morgan fingerprint density at radius 1 is 1.11 bits per heavy atom. The maximum Gasteiger partial charge on any atom is 0.0991 e. The Kier molecular flexibility index (Phi) is 2.74. The van der Waals surface area contributed by atoms with Crippen LogP contribution in [-0.4, -0.2) is 4.98 Å². The summed E-state index contributed by atoms with van der Waals surface area (Å²) in [6, 6.07) is 16.2. The molecule has 2 nitrogen and oxygen atoms in total. The predicted molar refractivity (Wildman–Crippen MR) is 76.6 cm³/mol. The monoisotopic (exact) mass is 244 g/mol. The van der Waals surface area contributed by atoms with Gasteiger partial charge in [-0.05, 0) is 53.3 Å². The van der Waals surface area contributed by atoms with Crippen LogP contribution in [0.1, 0.15) is 11.1 Å². The van der Waals surface area contributed by atoms with Crippen LogP contribution in [0.3, 0.4) is 0 Å². The first-order valence-corrected chi connectivity index (χ1v) is 6.13. The van der Waals surface area contributed by atoms with Crippen LogP contribution in [0.2, 0.25) is 0 Å². The van der Waals surface area contributed by atoms with Gasteiger partial charge in [0.1, 0.15) is 0 Å². The molecule has 0 amide bonds. The lowest BCUT2D eigenvalue weighted by atomic mass is 9.96. The molecule has 0 aliphatic rings. The molecule has 2 heteroatoms. The van der Waals surface area contributed by atoms with Gasteiger partial charge in [-0.1, -0.05) is 18.2 Å². The maximum atomic E-state index is 9.02. The van der Waals surface area contributed by atoms with Crippen molar-refractivity contribution < 1.29 is 0 Å². The van der Waals surface area contributed by atoms with Crippen LogP contribution in [0.4, 0.5) is 0 Å². The first kappa shape index (κ1) is 11.4. The number of aryl methyl sites for hydroxylation is 1. The van der Waals surface area contributed by atoms with E-state index in [1.54, 1.807) is 6.20 Å². The third kappa shape index (κ3) is 2.07. The third-order valence-corrected chi connectivity index (χ3v) is 3.20. The Morgan fingerprint density at radius 2 is 2.00 bits per heavy atom. The molecule has 0 saturated carbocycles. The molecule has 0 saturated heterocycles. The predicted octanol–water partition coefficient (Wildman–Crippen LogP) is 4.08. The lowest BCUT2D eigenvalue weighted by Crippen LogP contribution is -1.86. The fraction of sp³-hybridized carbons (Fsp3) is 0.0588. The summed E-state index contributed by atoms with van der Waals surface area (Å²) in [6.07, 6.45) is 3.68. The summed E-state index contributed by atoms with van der Waals surface area (Å²) in [6.45, 7) is 2.07. The van der Waals surface area contributed by atoms with Crippen molar-refractivity contribution >= 4 is 10.8 Å². The molecule has 0 unspecified atom stereocenters. The molecule has 0 spiro atoms. The number of benzene rings is 2. The van der Waals surface area contributed by atoms with Gasteiger partial charge in [-0.25, -0.2) is 0 Å². The summed E-state index contributed by atoms with van der Waals surface area (Å²) < 4.78 is 0. The van der Waals surface area contributed by atoms with Crippen molar-refractivity contribution in [1.82, 2.24) is 4.98 Å². The number of fused-ring (bicyclic) bond motifs is 1. The van der Waals surface area contributed by atoms with Crippen LogP contribution in [-0.2, 0) is 0 Å². The molecule has 1 heterocycles. The number of pyridine rings is 1. The molecular weight excluding hydrogens is 232 g/mol.